The van der Waals surface area contributed by atoms with Crippen molar-refractivity contribution in [1.82, 2.24) is 15.2 Å². The molecule has 1 atom stereocenters. The molecular weight excluding hydrogens is 190 g/mol. The van der Waals surface area contributed by atoms with Crippen LogP contribution in [0.25, 0.3) is 0 Å². The monoisotopic (exact) mass is 209 g/mol. The first kappa shape index (κ1) is 10.6. The van der Waals surface area contributed by atoms with Gasteiger partial charge in [0.2, 0.25) is 0 Å². The van der Waals surface area contributed by atoms with Crippen LogP contribution >= 0.6 is 0 Å². The Balaban J connectivity index is 2.05. The maximum absolute atomic E-state index is 5.19. The minimum atomic E-state index is -0.0152. The van der Waals surface area contributed by atoms with Crippen molar-refractivity contribution < 1.29 is 4.74 Å². The Bertz CT molecular complexity index is 305. The van der Waals surface area contributed by atoms with Crippen LogP contribution < -0.4 is 0 Å². The van der Waals surface area contributed by atoms with Crippen LogP contribution in [0.4, 0.5) is 0 Å². The molecule has 84 valence electrons. The molecule has 1 aromatic rings. The van der Waals surface area contributed by atoms with E-state index in [1.54, 1.807) is 7.11 Å². The molecule has 1 aliphatic rings. The molecular formula is C11H19N3O. The lowest BCUT2D eigenvalue weighted by molar-refractivity contribution is 0.112. The van der Waals surface area contributed by atoms with E-state index in [-0.39, 0.29) is 6.10 Å². The predicted molar refractivity (Wildman–Crippen MR) is 57.6 cm³/mol. The molecule has 4 heteroatoms. The number of ether oxygens (including phenoxy) is 1. The van der Waals surface area contributed by atoms with E-state index >= 15 is 0 Å². The number of nitrogens with one attached hydrogen (secondary N) is 1. The molecule has 2 rings (SSSR count). The summed E-state index contributed by atoms with van der Waals surface area (Å²) in [5.74, 6) is 2.41. The first-order valence-corrected chi connectivity index (χ1v) is 5.76. The van der Waals surface area contributed by atoms with Gasteiger partial charge >= 0.3 is 0 Å². The average Bonchev–Trinajstić information content (AvgIpc) is 2.78. The molecule has 4 nitrogen and oxygen atoms in total. The van der Waals surface area contributed by atoms with Gasteiger partial charge in [0.05, 0.1) is 0 Å². The number of hydrogen-bond donors (Lipinski definition) is 1. The van der Waals surface area contributed by atoms with Gasteiger partial charge in [-0.2, -0.15) is 5.10 Å². The highest BCUT2D eigenvalue weighted by molar-refractivity contribution is 5.00. The summed E-state index contributed by atoms with van der Waals surface area (Å²) in [4.78, 5) is 4.51. The summed E-state index contributed by atoms with van der Waals surface area (Å²) in [7, 11) is 1.68. The van der Waals surface area contributed by atoms with Gasteiger partial charge in [-0.15, -0.1) is 0 Å². The fourth-order valence-corrected chi connectivity index (χ4v) is 2.13. The lowest BCUT2D eigenvalue weighted by Gasteiger charge is -2.18. The summed E-state index contributed by atoms with van der Waals surface area (Å²) in [6.07, 6.45) is 6.48. The van der Waals surface area contributed by atoms with Crippen LogP contribution in [0.1, 0.15) is 62.7 Å². The first-order chi connectivity index (χ1) is 7.31. The second-order valence-corrected chi connectivity index (χ2v) is 4.29. The molecule has 1 fully saturated rings. The van der Waals surface area contributed by atoms with Crippen molar-refractivity contribution in [1.29, 1.82) is 0 Å². The second-order valence-electron chi connectivity index (χ2n) is 4.29. The highest BCUT2D eigenvalue weighted by Gasteiger charge is 2.20. The molecule has 0 radical (unpaired) electrons. The number of H-pyrrole nitrogens is 1. The summed E-state index contributed by atoms with van der Waals surface area (Å²) in [6.45, 7) is 1.97. The number of methoxy groups -OCH3 is 1. The van der Waals surface area contributed by atoms with Gasteiger partial charge in [0.15, 0.2) is 5.82 Å². The average molecular weight is 209 g/mol. The van der Waals surface area contributed by atoms with Gasteiger partial charge in [0.25, 0.3) is 0 Å². The van der Waals surface area contributed by atoms with Crippen molar-refractivity contribution >= 4 is 0 Å². The molecule has 0 amide bonds. The van der Waals surface area contributed by atoms with Crippen LogP contribution in [0.2, 0.25) is 0 Å². The van der Waals surface area contributed by atoms with E-state index in [4.69, 9.17) is 4.74 Å². The quantitative estimate of drug-likeness (QED) is 0.832. The van der Waals surface area contributed by atoms with Gasteiger partial charge < -0.3 is 4.74 Å². The van der Waals surface area contributed by atoms with Crippen molar-refractivity contribution in [2.24, 2.45) is 0 Å². The molecule has 1 aliphatic carbocycles. The predicted octanol–water partition coefficient (Wildman–Crippen LogP) is 2.56. The van der Waals surface area contributed by atoms with Crippen molar-refractivity contribution in [3.8, 4) is 0 Å². The minimum absolute atomic E-state index is 0.0152. The van der Waals surface area contributed by atoms with E-state index in [1.807, 2.05) is 6.92 Å². The summed E-state index contributed by atoms with van der Waals surface area (Å²) in [6, 6.07) is 0. The van der Waals surface area contributed by atoms with E-state index < -0.39 is 0 Å². The SMILES string of the molecule is COC(C)c1n[nH]c(C2CCCCC2)n1. The highest BCUT2D eigenvalue weighted by atomic mass is 16.5. The van der Waals surface area contributed by atoms with Crippen LogP contribution in [0.15, 0.2) is 0 Å². The summed E-state index contributed by atoms with van der Waals surface area (Å²) >= 11 is 0. The zero-order valence-corrected chi connectivity index (χ0v) is 9.49. The third-order valence-electron chi connectivity index (χ3n) is 3.23. The lowest BCUT2D eigenvalue weighted by atomic mass is 9.89. The van der Waals surface area contributed by atoms with Crippen molar-refractivity contribution in [3.05, 3.63) is 11.6 Å². The Morgan fingerprint density at radius 2 is 2.07 bits per heavy atom. The molecule has 1 heterocycles. The maximum Gasteiger partial charge on any atom is 0.179 e. The first-order valence-electron chi connectivity index (χ1n) is 5.76. The van der Waals surface area contributed by atoms with Crippen LogP contribution in [0.5, 0.6) is 0 Å². The molecule has 1 saturated carbocycles. The van der Waals surface area contributed by atoms with Crippen molar-refractivity contribution in [2.45, 2.75) is 51.0 Å². The number of rotatable bonds is 3. The maximum atomic E-state index is 5.19. The minimum Gasteiger partial charge on any atom is -0.374 e. The van der Waals surface area contributed by atoms with Crippen LogP contribution in [0, 0.1) is 0 Å². The van der Waals surface area contributed by atoms with Crippen molar-refractivity contribution in [3.63, 3.8) is 0 Å². The topological polar surface area (TPSA) is 50.8 Å². The van der Waals surface area contributed by atoms with Gasteiger partial charge in [-0.25, -0.2) is 4.98 Å². The molecule has 0 bridgehead atoms. The van der Waals surface area contributed by atoms with Gasteiger partial charge in [0.1, 0.15) is 11.9 Å². The number of hydrogen-bond acceptors (Lipinski definition) is 3. The zero-order valence-electron chi connectivity index (χ0n) is 9.49. The number of aromatic amines is 1. The molecule has 1 N–H and O–H groups in total. The second kappa shape index (κ2) is 4.75. The lowest BCUT2D eigenvalue weighted by Crippen LogP contribution is -2.06. The molecule has 0 aliphatic heterocycles. The largest absolute Gasteiger partial charge is 0.374 e. The zero-order chi connectivity index (χ0) is 10.7. The highest BCUT2D eigenvalue weighted by Crippen LogP contribution is 2.30. The summed E-state index contributed by atoms with van der Waals surface area (Å²) in [5, 5.41) is 7.25. The van der Waals surface area contributed by atoms with Crippen LogP contribution in [-0.2, 0) is 4.74 Å². The van der Waals surface area contributed by atoms with E-state index in [9.17, 15) is 0 Å². The summed E-state index contributed by atoms with van der Waals surface area (Å²) < 4.78 is 5.19. The Morgan fingerprint density at radius 1 is 1.33 bits per heavy atom. The molecule has 1 unspecified atom stereocenters. The normalized spacial score (nSPS) is 20.4. The Hall–Kier alpha value is -0.900. The molecule has 0 saturated heterocycles. The third kappa shape index (κ3) is 2.37. The van der Waals surface area contributed by atoms with Gasteiger partial charge in [-0.3, -0.25) is 5.10 Å². The van der Waals surface area contributed by atoms with Gasteiger partial charge in [0, 0.05) is 13.0 Å². The van der Waals surface area contributed by atoms with Gasteiger partial charge in [-0.05, 0) is 19.8 Å². The van der Waals surface area contributed by atoms with Gasteiger partial charge in [-0.1, -0.05) is 19.3 Å². The Labute approximate surface area is 90.4 Å². The van der Waals surface area contributed by atoms with Crippen LogP contribution in [-0.4, -0.2) is 22.3 Å². The smallest absolute Gasteiger partial charge is 0.179 e. The van der Waals surface area contributed by atoms with E-state index in [1.165, 1.54) is 32.1 Å². The fraction of sp³-hybridized carbons (Fsp3) is 0.818. The fourth-order valence-electron chi connectivity index (χ4n) is 2.13. The Morgan fingerprint density at radius 3 is 2.73 bits per heavy atom. The van der Waals surface area contributed by atoms with Crippen molar-refractivity contribution in [2.75, 3.05) is 7.11 Å². The third-order valence-corrected chi connectivity index (χ3v) is 3.23. The van der Waals surface area contributed by atoms with Crippen LogP contribution in [0.3, 0.4) is 0 Å². The molecule has 1 aromatic heterocycles. The van der Waals surface area contributed by atoms with E-state index in [0.29, 0.717) is 5.92 Å². The van der Waals surface area contributed by atoms with E-state index in [0.717, 1.165) is 11.6 Å². The number of nitrogens with zero attached hydrogens (tertiary/aromatic N) is 2. The Kier molecular flexibility index (Phi) is 3.36. The summed E-state index contributed by atoms with van der Waals surface area (Å²) in [5.41, 5.74) is 0. The van der Waals surface area contributed by atoms with E-state index in [2.05, 4.69) is 15.2 Å². The standard InChI is InChI=1S/C11H19N3O/c1-8(15-2)10-12-11(14-13-10)9-6-4-3-5-7-9/h8-9H,3-7H2,1-2H3,(H,12,13,14). The molecule has 0 spiro atoms. The number of aromatic nitrogens is 3. The molecule has 0 aromatic carbocycles. The molecule has 15 heavy (non-hydrogen) atoms.